The van der Waals surface area contributed by atoms with Crippen LogP contribution in [0.3, 0.4) is 0 Å². The Morgan fingerprint density at radius 2 is 2.16 bits per heavy atom. The highest BCUT2D eigenvalue weighted by Crippen LogP contribution is 2.32. The van der Waals surface area contributed by atoms with Gasteiger partial charge in [-0.15, -0.1) is 0 Å². The van der Waals surface area contributed by atoms with Gasteiger partial charge in [-0.2, -0.15) is 5.10 Å². The minimum Gasteiger partial charge on any atom is -0.325 e. The third kappa shape index (κ3) is 3.59. The summed E-state index contributed by atoms with van der Waals surface area (Å²) in [6.45, 7) is 7.47. The normalized spacial score (nSPS) is 28.3. The number of rotatable bonds is 4. The first-order valence-corrected chi connectivity index (χ1v) is 7.88. The molecule has 0 aromatic carbocycles. The highest BCUT2D eigenvalue weighted by atomic mass is 15.3. The van der Waals surface area contributed by atoms with Gasteiger partial charge in [0.2, 0.25) is 0 Å². The third-order valence-corrected chi connectivity index (χ3v) is 4.73. The van der Waals surface area contributed by atoms with Crippen LogP contribution in [0.15, 0.2) is 6.07 Å². The zero-order valence-electron chi connectivity index (χ0n) is 12.8. The lowest BCUT2D eigenvalue weighted by molar-refractivity contribution is 0.349. The topological polar surface area (TPSA) is 43.8 Å². The molecule has 1 heterocycles. The Morgan fingerprint density at radius 3 is 2.84 bits per heavy atom. The Balaban J connectivity index is 2.07. The Kier molecular flexibility index (Phi) is 4.67. The quantitative estimate of drug-likeness (QED) is 0.846. The summed E-state index contributed by atoms with van der Waals surface area (Å²) in [5.74, 6) is 0.892. The van der Waals surface area contributed by atoms with Crippen LogP contribution < -0.4 is 5.73 Å². The molecule has 0 radical (unpaired) electrons. The van der Waals surface area contributed by atoms with Crippen molar-refractivity contribution < 1.29 is 0 Å². The lowest BCUT2D eigenvalue weighted by Gasteiger charge is -2.28. The van der Waals surface area contributed by atoms with E-state index < -0.39 is 0 Å². The summed E-state index contributed by atoms with van der Waals surface area (Å²) >= 11 is 0. The molecular formula is C16H29N3. The monoisotopic (exact) mass is 263 g/mol. The van der Waals surface area contributed by atoms with Gasteiger partial charge in [-0.3, -0.25) is 4.68 Å². The molecule has 19 heavy (non-hydrogen) atoms. The van der Waals surface area contributed by atoms with E-state index in [1.54, 1.807) is 0 Å². The Bertz CT molecular complexity index is 410. The van der Waals surface area contributed by atoms with Crippen LogP contribution in [-0.4, -0.2) is 15.3 Å². The van der Waals surface area contributed by atoms with Crippen LogP contribution in [0.25, 0.3) is 0 Å². The van der Waals surface area contributed by atoms with E-state index in [1.165, 1.54) is 37.8 Å². The van der Waals surface area contributed by atoms with Crippen LogP contribution in [0.4, 0.5) is 0 Å². The molecule has 3 heteroatoms. The van der Waals surface area contributed by atoms with Gasteiger partial charge >= 0.3 is 0 Å². The van der Waals surface area contributed by atoms with E-state index in [2.05, 4.69) is 36.6 Å². The summed E-state index contributed by atoms with van der Waals surface area (Å²) in [4.78, 5) is 0. The summed E-state index contributed by atoms with van der Waals surface area (Å²) in [5, 5.41) is 4.54. The largest absolute Gasteiger partial charge is 0.325 e. The zero-order valence-corrected chi connectivity index (χ0v) is 12.8. The molecule has 2 N–H and O–H groups in total. The summed E-state index contributed by atoms with van der Waals surface area (Å²) in [5.41, 5.74) is 9.12. The van der Waals surface area contributed by atoms with Crippen molar-refractivity contribution in [3.8, 4) is 0 Å². The van der Waals surface area contributed by atoms with Crippen molar-refractivity contribution in [1.29, 1.82) is 0 Å². The third-order valence-electron chi connectivity index (χ3n) is 4.73. The van der Waals surface area contributed by atoms with Crippen LogP contribution >= 0.6 is 0 Å². The molecule has 3 nitrogen and oxygen atoms in total. The minimum atomic E-state index is -0.0106. The highest BCUT2D eigenvalue weighted by molar-refractivity contribution is 5.13. The van der Waals surface area contributed by atoms with E-state index in [1.807, 2.05) is 0 Å². The lowest BCUT2D eigenvalue weighted by atomic mass is 9.86. The van der Waals surface area contributed by atoms with E-state index in [0.29, 0.717) is 0 Å². The van der Waals surface area contributed by atoms with Crippen LogP contribution in [0.2, 0.25) is 0 Å². The second kappa shape index (κ2) is 6.08. The van der Waals surface area contributed by atoms with E-state index >= 15 is 0 Å². The molecule has 1 aromatic rings. The van der Waals surface area contributed by atoms with Gasteiger partial charge in [0.05, 0.1) is 5.69 Å². The van der Waals surface area contributed by atoms with E-state index in [0.717, 1.165) is 31.0 Å². The summed E-state index contributed by atoms with van der Waals surface area (Å²) in [6, 6.07) is 2.21. The van der Waals surface area contributed by atoms with Gasteiger partial charge in [0.1, 0.15) is 0 Å². The van der Waals surface area contributed by atoms with Crippen molar-refractivity contribution in [2.45, 2.75) is 77.8 Å². The summed E-state index contributed by atoms with van der Waals surface area (Å²) in [6.07, 6.45) is 8.57. The first-order valence-electron chi connectivity index (χ1n) is 7.88. The maximum absolute atomic E-state index is 6.70. The molecule has 2 unspecified atom stereocenters. The highest BCUT2D eigenvalue weighted by Gasteiger charge is 2.30. The van der Waals surface area contributed by atoms with Crippen LogP contribution in [0.1, 0.15) is 63.8 Å². The fourth-order valence-corrected chi connectivity index (χ4v) is 3.46. The number of hydrogen-bond donors (Lipinski definition) is 1. The molecule has 1 aliphatic carbocycles. The zero-order chi connectivity index (χ0) is 13.9. The maximum atomic E-state index is 6.70. The maximum Gasteiger partial charge on any atom is 0.0596 e. The Morgan fingerprint density at radius 1 is 1.37 bits per heavy atom. The number of nitrogens with two attached hydrogens (primary N) is 1. The van der Waals surface area contributed by atoms with Gasteiger partial charge in [0, 0.05) is 24.2 Å². The SMILES string of the molecule is CCC1CCCC(N)(Cc2cc(C)nn2CC)CC1. The van der Waals surface area contributed by atoms with Gasteiger partial charge in [0.25, 0.3) is 0 Å². The molecule has 1 saturated carbocycles. The molecule has 0 spiro atoms. The second-order valence-corrected chi connectivity index (χ2v) is 6.34. The fourth-order valence-electron chi connectivity index (χ4n) is 3.46. The van der Waals surface area contributed by atoms with Crippen molar-refractivity contribution in [1.82, 2.24) is 9.78 Å². The summed E-state index contributed by atoms with van der Waals surface area (Å²) in [7, 11) is 0. The number of nitrogens with zero attached hydrogens (tertiary/aromatic N) is 2. The van der Waals surface area contributed by atoms with Crippen molar-refractivity contribution in [2.75, 3.05) is 0 Å². The molecule has 108 valence electrons. The number of aryl methyl sites for hydroxylation is 2. The Hall–Kier alpha value is -0.830. The first kappa shape index (κ1) is 14.6. The number of hydrogen-bond acceptors (Lipinski definition) is 2. The van der Waals surface area contributed by atoms with Gasteiger partial charge in [0.15, 0.2) is 0 Å². The van der Waals surface area contributed by atoms with E-state index in [-0.39, 0.29) is 5.54 Å². The fraction of sp³-hybridized carbons (Fsp3) is 0.812. The van der Waals surface area contributed by atoms with Gasteiger partial charge in [-0.1, -0.05) is 26.2 Å². The molecule has 0 aliphatic heterocycles. The average Bonchev–Trinajstić information content (AvgIpc) is 2.61. The van der Waals surface area contributed by atoms with Crippen LogP contribution in [0.5, 0.6) is 0 Å². The molecule has 1 aromatic heterocycles. The van der Waals surface area contributed by atoms with Crippen molar-refractivity contribution in [3.63, 3.8) is 0 Å². The smallest absolute Gasteiger partial charge is 0.0596 e. The standard InChI is InChI=1S/C16H29N3/c1-4-14-7-6-9-16(17,10-8-14)12-15-11-13(3)18-19(15)5-2/h11,14H,4-10,12,17H2,1-3H3. The molecule has 2 rings (SSSR count). The molecule has 1 fully saturated rings. The predicted octanol–water partition coefficient (Wildman–Crippen LogP) is 3.44. The number of aromatic nitrogens is 2. The molecule has 0 saturated heterocycles. The summed E-state index contributed by atoms with van der Waals surface area (Å²) < 4.78 is 2.12. The van der Waals surface area contributed by atoms with E-state index in [9.17, 15) is 0 Å². The predicted molar refractivity (Wildman–Crippen MR) is 80.1 cm³/mol. The molecule has 2 atom stereocenters. The van der Waals surface area contributed by atoms with Crippen molar-refractivity contribution in [3.05, 3.63) is 17.5 Å². The Labute approximate surface area is 117 Å². The lowest BCUT2D eigenvalue weighted by Crippen LogP contribution is -2.42. The van der Waals surface area contributed by atoms with Gasteiger partial charge in [-0.05, 0) is 45.1 Å². The van der Waals surface area contributed by atoms with E-state index in [4.69, 9.17) is 5.73 Å². The van der Waals surface area contributed by atoms with Gasteiger partial charge in [-0.25, -0.2) is 0 Å². The minimum absolute atomic E-state index is 0.0106. The molecule has 0 amide bonds. The first-order chi connectivity index (χ1) is 9.06. The molecule has 1 aliphatic rings. The van der Waals surface area contributed by atoms with Crippen LogP contribution in [0, 0.1) is 12.8 Å². The molecule has 0 bridgehead atoms. The second-order valence-electron chi connectivity index (χ2n) is 6.34. The van der Waals surface area contributed by atoms with Crippen LogP contribution in [-0.2, 0) is 13.0 Å². The van der Waals surface area contributed by atoms with Crippen molar-refractivity contribution in [2.24, 2.45) is 11.7 Å². The molecular weight excluding hydrogens is 234 g/mol. The average molecular weight is 263 g/mol. The van der Waals surface area contributed by atoms with Crippen molar-refractivity contribution >= 4 is 0 Å². The van der Waals surface area contributed by atoms with Gasteiger partial charge < -0.3 is 5.73 Å².